The fourth-order valence-corrected chi connectivity index (χ4v) is 2.57. The molecule has 0 aliphatic carbocycles. The Balaban J connectivity index is 2.67. The molecule has 0 spiro atoms. The van der Waals surface area contributed by atoms with Crippen molar-refractivity contribution in [2.24, 2.45) is 11.1 Å². The highest BCUT2D eigenvalue weighted by atomic mass is 15.2. The molecule has 2 nitrogen and oxygen atoms in total. The van der Waals surface area contributed by atoms with Gasteiger partial charge in [-0.2, -0.15) is 0 Å². The van der Waals surface area contributed by atoms with E-state index in [1.165, 1.54) is 25.8 Å². The summed E-state index contributed by atoms with van der Waals surface area (Å²) < 4.78 is 0. The van der Waals surface area contributed by atoms with E-state index in [0.717, 1.165) is 12.6 Å². The van der Waals surface area contributed by atoms with E-state index in [4.69, 9.17) is 5.73 Å². The average molecular weight is 198 g/mol. The number of rotatable bonds is 2. The molecule has 2 N–H and O–H groups in total. The standard InChI is InChI=1S/C12H26N2/c1-10-7-5-6-8-14(10)11(9-13)12(2,3)4/h10-11H,5-9,13H2,1-4H3. The average Bonchev–Trinajstić information content (AvgIpc) is 2.07. The molecule has 1 aliphatic heterocycles. The van der Waals surface area contributed by atoms with E-state index >= 15 is 0 Å². The van der Waals surface area contributed by atoms with Crippen molar-refractivity contribution in [1.29, 1.82) is 0 Å². The van der Waals surface area contributed by atoms with Crippen molar-refractivity contribution >= 4 is 0 Å². The molecule has 0 saturated carbocycles. The van der Waals surface area contributed by atoms with Gasteiger partial charge >= 0.3 is 0 Å². The van der Waals surface area contributed by atoms with Crippen LogP contribution < -0.4 is 5.73 Å². The van der Waals surface area contributed by atoms with Gasteiger partial charge < -0.3 is 5.73 Å². The first-order chi connectivity index (χ1) is 6.46. The predicted molar refractivity (Wildman–Crippen MR) is 62.3 cm³/mol. The quantitative estimate of drug-likeness (QED) is 0.737. The maximum absolute atomic E-state index is 5.91. The minimum atomic E-state index is 0.306. The molecule has 84 valence electrons. The van der Waals surface area contributed by atoms with Crippen LogP contribution in [0.15, 0.2) is 0 Å². The molecule has 2 heteroatoms. The third-order valence-electron chi connectivity index (χ3n) is 3.48. The molecule has 1 fully saturated rings. The van der Waals surface area contributed by atoms with Gasteiger partial charge in [-0.25, -0.2) is 0 Å². The summed E-state index contributed by atoms with van der Waals surface area (Å²) in [6, 6.07) is 1.26. The normalized spacial score (nSPS) is 27.6. The van der Waals surface area contributed by atoms with Crippen molar-refractivity contribution in [3.63, 3.8) is 0 Å². The highest BCUT2D eigenvalue weighted by molar-refractivity contribution is 4.88. The van der Waals surface area contributed by atoms with Crippen molar-refractivity contribution in [3.05, 3.63) is 0 Å². The van der Waals surface area contributed by atoms with Crippen LogP contribution >= 0.6 is 0 Å². The van der Waals surface area contributed by atoms with Gasteiger partial charge in [0.15, 0.2) is 0 Å². The van der Waals surface area contributed by atoms with E-state index in [1.54, 1.807) is 0 Å². The van der Waals surface area contributed by atoms with Crippen molar-refractivity contribution in [3.8, 4) is 0 Å². The van der Waals surface area contributed by atoms with E-state index in [2.05, 4.69) is 32.6 Å². The molecule has 0 radical (unpaired) electrons. The Morgan fingerprint density at radius 3 is 2.43 bits per heavy atom. The molecule has 2 unspecified atom stereocenters. The minimum absolute atomic E-state index is 0.306. The zero-order valence-corrected chi connectivity index (χ0v) is 10.2. The molecular formula is C12H26N2. The lowest BCUT2D eigenvalue weighted by Gasteiger charge is -2.45. The van der Waals surface area contributed by atoms with Crippen LogP contribution in [0.2, 0.25) is 0 Å². The lowest BCUT2D eigenvalue weighted by molar-refractivity contribution is 0.0461. The van der Waals surface area contributed by atoms with Crippen LogP contribution in [0.3, 0.4) is 0 Å². The Kier molecular flexibility index (Phi) is 3.96. The van der Waals surface area contributed by atoms with E-state index in [-0.39, 0.29) is 0 Å². The summed E-state index contributed by atoms with van der Waals surface area (Å²) in [6.07, 6.45) is 4.07. The molecule has 1 rings (SSSR count). The van der Waals surface area contributed by atoms with Gasteiger partial charge in [-0.1, -0.05) is 27.2 Å². The lowest BCUT2D eigenvalue weighted by Crippen LogP contribution is -2.53. The molecule has 14 heavy (non-hydrogen) atoms. The summed E-state index contributed by atoms with van der Waals surface area (Å²) in [7, 11) is 0. The second-order valence-corrected chi connectivity index (χ2v) is 5.70. The van der Waals surface area contributed by atoms with Crippen LogP contribution in [0.5, 0.6) is 0 Å². The first-order valence-corrected chi connectivity index (χ1v) is 5.92. The van der Waals surface area contributed by atoms with Crippen LogP contribution in [0.4, 0.5) is 0 Å². The van der Waals surface area contributed by atoms with Crippen molar-refractivity contribution in [1.82, 2.24) is 4.90 Å². The van der Waals surface area contributed by atoms with Gasteiger partial charge in [0.05, 0.1) is 0 Å². The van der Waals surface area contributed by atoms with Gasteiger partial charge in [0.2, 0.25) is 0 Å². The van der Waals surface area contributed by atoms with E-state index < -0.39 is 0 Å². The first-order valence-electron chi connectivity index (χ1n) is 5.92. The molecule has 1 aliphatic rings. The summed E-state index contributed by atoms with van der Waals surface area (Å²) in [5.41, 5.74) is 6.22. The molecule has 1 heterocycles. The third kappa shape index (κ3) is 2.71. The number of likely N-dealkylation sites (tertiary alicyclic amines) is 1. The number of piperidine rings is 1. The van der Waals surface area contributed by atoms with Crippen LogP contribution in [0, 0.1) is 5.41 Å². The van der Waals surface area contributed by atoms with Gasteiger partial charge in [0.1, 0.15) is 0 Å². The summed E-state index contributed by atoms with van der Waals surface area (Å²) in [4.78, 5) is 2.61. The lowest BCUT2D eigenvalue weighted by atomic mass is 9.83. The second-order valence-electron chi connectivity index (χ2n) is 5.70. The number of hydrogen-bond acceptors (Lipinski definition) is 2. The Labute approximate surface area is 88.8 Å². The Hall–Kier alpha value is -0.0800. The predicted octanol–water partition coefficient (Wildman–Crippen LogP) is 2.23. The first kappa shape index (κ1) is 12.0. The Morgan fingerprint density at radius 2 is 2.00 bits per heavy atom. The van der Waals surface area contributed by atoms with Gasteiger partial charge in [-0.15, -0.1) is 0 Å². The topological polar surface area (TPSA) is 29.3 Å². The third-order valence-corrected chi connectivity index (χ3v) is 3.48. The van der Waals surface area contributed by atoms with Crippen LogP contribution in [0.1, 0.15) is 47.0 Å². The maximum Gasteiger partial charge on any atom is 0.0269 e. The van der Waals surface area contributed by atoms with Crippen molar-refractivity contribution in [2.75, 3.05) is 13.1 Å². The molecule has 1 saturated heterocycles. The molecule has 0 aromatic carbocycles. The molecule has 0 aromatic rings. The number of hydrogen-bond donors (Lipinski definition) is 1. The van der Waals surface area contributed by atoms with Crippen molar-refractivity contribution in [2.45, 2.75) is 59.0 Å². The van der Waals surface area contributed by atoms with Gasteiger partial charge in [0, 0.05) is 18.6 Å². The van der Waals surface area contributed by atoms with E-state index in [1.807, 2.05) is 0 Å². The van der Waals surface area contributed by atoms with Gasteiger partial charge in [-0.3, -0.25) is 4.90 Å². The Bertz CT molecular complexity index is 172. The SMILES string of the molecule is CC1CCCCN1C(CN)C(C)(C)C. The summed E-state index contributed by atoms with van der Waals surface area (Å²) in [5.74, 6) is 0. The molecule has 0 amide bonds. The highest BCUT2D eigenvalue weighted by Gasteiger charge is 2.32. The van der Waals surface area contributed by atoms with Crippen LogP contribution in [0.25, 0.3) is 0 Å². The fourth-order valence-electron chi connectivity index (χ4n) is 2.57. The summed E-state index contributed by atoms with van der Waals surface area (Å²) in [6.45, 7) is 11.3. The maximum atomic E-state index is 5.91. The van der Waals surface area contributed by atoms with Crippen LogP contribution in [-0.4, -0.2) is 30.1 Å². The largest absolute Gasteiger partial charge is 0.329 e. The molecule has 0 bridgehead atoms. The number of nitrogens with two attached hydrogens (primary N) is 1. The molecule has 0 aromatic heterocycles. The van der Waals surface area contributed by atoms with Gasteiger partial charge in [0.25, 0.3) is 0 Å². The fraction of sp³-hybridized carbons (Fsp3) is 1.00. The minimum Gasteiger partial charge on any atom is -0.329 e. The monoisotopic (exact) mass is 198 g/mol. The van der Waals surface area contributed by atoms with E-state index in [9.17, 15) is 0 Å². The van der Waals surface area contributed by atoms with E-state index in [0.29, 0.717) is 11.5 Å². The van der Waals surface area contributed by atoms with Gasteiger partial charge in [-0.05, 0) is 31.7 Å². The zero-order valence-electron chi connectivity index (χ0n) is 10.2. The molecular weight excluding hydrogens is 172 g/mol. The second kappa shape index (κ2) is 4.63. The smallest absolute Gasteiger partial charge is 0.0269 e. The highest BCUT2D eigenvalue weighted by Crippen LogP contribution is 2.29. The Morgan fingerprint density at radius 1 is 1.36 bits per heavy atom. The zero-order chi connectivity index (χ0) is 10.8. The van der Waals surface area contributed by atoms with Crippen LogP contribution in [-0.2, 0) is 0 Å². The number of nitrogens with zero attached hydrogens (tertiary/aromatic N) is 1. The molecule has 2 atom stereocenters. The van der Waals surface area contributed by atoms with Crippen molar-refractivity contribution < 1.29 is 0 Å². The summed E-state index contributed by atoms with van der Waals surface area (Å²) >= 11 is 0. The summed E-state index contributed by atoms with van der Waals surface area (Å²) in [5, 5.41) is 0.